The highest BCUT2D eigenvalue weighted by molar-refractivity contribution is 7.13. The Bertz CT molecular complexity index is 317. The monoisotopic (exact) mass is 257 g/mol. The van der Waals surface area contributed by atoms with Crippen molar-refractivity contribution in [1.29, 1.82) is 0 Å². The minimum atomic E-state index is -0.0792. The highest BCUT2D eigenvalue weighted by Crippen LogP contribution is 2.09. The predicted molar refractivity (Wildman–Crippen MR) is 69.2 cm³/mol. The van der Waals surface area contributed by atoms with Crippen LogP contribution in [0.4, 0.5) is 5.13 Å². The van der Waals surface area contributed by atoms with E-state index in [1.807, 2.05) is 10.3 Å². The molecule has 0 aliphatic carbocycles. The molecule has 0 bridgehead atoms. The number of thiazole rings is 1. The first kappa shape index (κ1) is 14.1. The second-order valence-electron chi connectivity index (χ2n) is 3.74. The number of aliphatic hydroxyl groups excluding tert-OH is 1. The van der Waals surface area contributed by atoms with Crippen molar-refractivity contribution in [3.63, 3.8) is 0 Å². The van der Waals surface area contributed by atoms with Crippen LogP contribution in [0.5, 0.6) is 0 Å². The molecule has 0 unspecified atom stereocenters. The van der Waals surface area contributed by atoms with Crippen LogP contribution in [0.25, 0.3) is 0 Å². The van der Waals surface area contributed by atoms with Gasteiger partial charge in [-0.3, -0.25) is 9.69 Å². The van der Waals surface area contributed by atoms with E-state index in [1.54, 1.807) is 6.20 Å². The SMILES string of the molecule is CCCCN(CCO)CC(=O)Nc1nccs1. The lowest BCUT2D eigenvalue weighted by Crippen LogP contribution is -2.35. The van der Waals surface area contributed by atoms with Crippen LogP contribution in [0.2, 0.25) is 0 Å². The maximum atomic E-state index is 11.7. The second-order valence-corrected chi connectivity index (χ2v) is 4.63. The molecule has 0 spiro atoms. The van der Waals surface area contributed by atoms with Crippen LogP contribution in [-0.4, -0.2) is 47.1 Å². The summed E-state index contributed by atoms with van der Waals surface area (Å²) in [4.78, 5) is 17.6. The average molecular weight is 257 g/mol. The van der Waals surface area contributed by atoms with Gasteiger partial charge in [0, 0.05) is 18.1 Å². The Hall–Kier alpha value is -0.980. The van der Waals surface area contributed by atoms with Gasteiger partial charge in [0.15, 0.2) is 5.13 Å². The number of unbranched alkanes of at least 4 members (excludes halogenated alkanes) is 1. The number of aliphatic hydroxyl groups is 1. The molecular weight excluding hydrogens is 238 g/mol. The van der Waals surface area contributed by atoms with Crippen LogP contribution in [0.15, 0.2) is 11.6 Å². The number of aromatic nitrogens is 1. The van der Waals surface area contributed by atoms with E-state index in [-0.39, 0.29) is 12.5 Å². The van der Waals surface area contributed by atoms with Gasteiger partial charge in [-0.15, -0.1) is 11.3 Å². The Morgan fingerprint density at radius 1 is 1.59 bits per heavy atom. The molecule has 1 heterocycles. The predicted octanol–water partition coefficient (Wildman–Crippen LogP) is 1.18. The van der Waals surface area contributed by atoms with Crippen molar-refractivity contribution in [1.82, 2.24) is 9.88 Å². The molecule has 1 aromatic heterocycles. The zero-order valence-corrected chi connectivity index (χ0v) is 10.9. The zero-order chi connectivity index (χ0) is 12.5. The molecule has 96 valence electrons. The van der Waals surface area contributed by atoms with Crippen LogP contribution >= 0.6 is 11.3 Å². The molecule has 1 rings (SSSR count). The number of carbonyl (C=O) groups excluding carboxylic acids is 1. The Labute approximate surface area is 105 Å². The van der Waals surface area contributed by atoms with E-state index in [2.05, 4.69) is 17.2 Å². The fraction of sp³-hybridized carbons (Fsp3) is 0.636. The molecule has 0 aliphatic rings. The third-order valence-electron chi connectivity index (χ3n) is 2.29. The van der Waals surface area contributed by atoms with Gasteiger partial charge >= 0.3 is 0 Å². The van der Waals surface area contributed by atoms with Gasteiger partial charge in [0.1, 0.15) is 0 Å². The molecule has 0 atom stereocenters. The first-order valence-electron chi connectivity index (χ1n) is 5.78. The van der Waals surface area contributed by atoms with Crippen LogP contribution in [0.1, 0.15) is 19.8 Å². The minimum Gasteiger partial charge on any atom is -0.395 e. The van der Waals surface area contributed by atoms with Gasteiger partial charge in [0.25, 0.3) is 0 Å². The minimum absolute atomic E-state index is 0.0776. The molecule has 0 saturated carbocycles. The highest BCUT2D eigenvalue weighted by Gasteiger charge is 2.10. The fourth-order valence-electron chi connectivity index (χ4n) is 1.44. The highest BCUT2D eigenvalue weighted by atomic mass is 32.1. The van der Waals surface area contributed by atoms with Crippen LogP contribution in [-0.2, 0) is 4.79 Å². The third kappa shape index (κ3) is 5.76. The van der Waals surface area contributed by atoms with E-state index in [9.17, 15) is 4.79 Å². The standard InChI is InChI=1S/C11H19N3O2S/c1-2-3-5-14(6-7-15)9-10(16)13-11-12-4-8-17-11/h4,8,15H,2-3,5-7,9H2,1H3,(H,12,13,16). The van der Waals surface area contributed by atoms with Gasteiger partial charge in [0.05, 0.1) is 13.2 Å². The normalized spacial score (nSPS) is 10.8. The fourth-order valence-corrected chi connectivity index (χ4v) is 1.99. The number of rotatable bonds is 8. The Morgan fingerprint density at radius 3 is 3.00 bits per heavy atom. The van der Waals surface area contributed by atoms with E-state index in [0.717, 1.165) is 19.4 Å². The summed E-state index contributed by atoms with van der Waals surface area (Å²) in [7, 11) is 0. The third-order valence-corrected chi connectivity index (χ3v) is 2.98. The molecule has 2 N–H and O–H groups in total. The molecule has 17 heavy (non-hydrogen) atoms. The van der Waals surface area contributed by atoms with Crippen molar-refractivity contribution >= 4 is 22.4 Å². The van der Waals surface area contributed by atoms with Crippen molar-refractivity contribution < 1.29 is 9.90 Å². The maximum absolute atomic E-state index is 11.7. The van der Waals surface area contributed by atoms with Crippen LogP contribution < -0.4 is 5.32 Å². The summed E-state index contributed by atoms with van der Waals surface area (Å²) in [6.07, 6.45) is 3.77. The summed E-state index contributed by atoms with van der Waals surface area (Å²) in [5.74, 6) is -0.0792. The van der Waals surface area contributed by atoms with Crippen LogP contribution in [0, 0.1) is 0 Å². The molecule has 0 fully saturated rings. The van der Waals surface area contributed by atoms with E-state index >= 15 is 0 Å². The molecule has 0 saturated heterocycles. The van der Waals surface area contributed by atoms with Crippen LogP contribution in [0.3, 0.4) is 0 Å². The molecular formula is C11H19N3O2S. The van der Waals surface area contributed by atoms with Crippen molar-refractivity contribution in [2.75, 3.05) is 31.6 Å². The van der Waals surface area contributed by atoms with Crippen molar-refractivity contribution in [3.05, 3.63) is 11.6 Å². The lowest BCUT2D eigenvalue weighted by atomic mass is 10.3. The van der Waals surface area contributed by atoms with Gasteiger partial charge in [-0.05, 0) is 13.0 Å². The van der Waals surface area contributed by atoms with Crippen molar-refractivity contribution in [3.8, 4) is 0 Å². The molecule has 0 aromatic carbocycles. The van der Waals surface area contributed by atoms with Gasteiger partial charge in [0.2, 0.25) is 5.91 Å². The molecule has 0 radical (unpaired) electrons. The molecule has 0 aliphatic heterocycles. The Kier molecular flexibility index (Phi) is 6.76. The Balaban J connectivity index is 2.34. The lowest BCUT2D eigenvalue weighted by molar-refractivity contribution is -0.117. The molecule has 6 heteroatoms. The summed E-state index contributed by atoms with van der Waals surface area (Å²) in [6.45, 7) is 3.86. The largest absolute Gasteiger partial charge is 0.395 e. The molecule has 5 nitrogen and oxygen atoms in total. The quantitative estimate of drug-likeness (QED) is 0.734. The number of nitrogens with zero attached hydrogens (tertiary/aromatic N) is 2. The Morgan fingerprint density at radius 2 is 2.41 bits per heavy atom. The van der Waals surface area contributed by atoms with E-state index in [1.165, 1.54) is 11.3 Å². The summed E-state index contributed by atoms with van der Waals surface area (Å²) >= 11 is 1.40. The van der Waals surface area contributed by atoms with E-state index in [0.29, 0.717) is 18.2 Å². The zero-order valence-electron chi connectivity index (χ0n) is 10.1. The number of nitrogens with one attached hydrogen (secondary N) is 1. The van der Waals surface area contributed by atoms with Crippen molar-refractivity contribution in [2.45, 2.75) is 19.8 Å². The maximum Gasteiger partial charge on any atom is 0.240 e. The summed E-state index contributed by atoms with van der Waals surface area (Å²) in [5.41, 5.74) is 0. The van der Waals surface area contributed by atoms with Gasteiger partial charge in [-0.25, -0.2) is 4.98 Å². The molecule has 1 aromatic rings. The number of hydrogen-bond donors (Lipinski definition) is 2. The second kappa shape index (κ2) is 8.16. The van der Waals surface area contributed by atoms with Gasteiger partial charge in [-0.2, -0.15) is 0 Å². The van der Waals surface area contributed by atoms with E-state index < -0.39 is 0 Å². The topological polar surface area (TPSA) is 65.5 Å². The summed E-state index contributed by atoms with van der Waals surface area (Å²) in [6, 6.07) is 0. The lowest BCUT2D eigenvalue weighted by Gasteiger charge is -2.19. The number of hydrogen-bond acceptors (Lipinski definition) is 5. The number of amides is 1. The summed E-state index contributed by atoms with van der Waals surface area (Å²) in [5, 5.41) is 14.1. The molecule has 1 amide bonds. The van der Waals surface area contributed by atoms with Crippen molar-refractivity contribution in [2.24, 2.45) is 0 Å². The first-order chi connectivity index (χ1) is 8.26. The van der Waals surface area contributed by atoms with E-state index in [4.69, 9.17) is 5.11 Å². The summed E-state index contributed by atoms with van der Waals surface area (Å²) < 4.78 is 0. The van der Waals surface area contributed by atoms with Gasteiger partial charge in [-0.1, -0.05) is 13.3 Å². The average Bonchev–Trinajstić information content (AvgIpc) is 2.78. The number of carbonyl (C=O) groups is 1. The number of anilines is 1. The smallest absolute Gasteiger partial charge is 0.240 e. The first-order valence-corrected chi connectivity index (χ1v) is 6.66. The van der Waals surface area contributed by atoms with Gasteiger partial charge < -0.3 is 10.4 Å².